The molecule has 1 rings (SSSR count). The molecule has 0 aliphatic rings. The number of aromatic nitrogens is 2. The van der Waals surface area contributed by atoms with Crippen molar-refractivity contribution >= 4 is 30.8 Å². The van der Waals surface area contributed by atoms with Crippen molar-refractivity contribution in [2.75, 3.05) is 13.1 Å². The van der Waals surface area contributed by atoms with Crippen LogP contribution >= 0.6 is 0 Å². The molecule has 0 unspecified atom stereocenters. The third-order valence-corrected chi connectivity index (χ3v) is 10.7. The Morgan fingerprint density at radius 1 is 0.889 bits per heavy atom. The van der Waals surface area contributed by atoms with Gasteiger partial charge in [0.05, 0.1) is 0 Å². The summed E-state index contributed by atoms with van der Waals surface area (Å²) in [5.74, 6) is 0.0689. The topological polar surface area (TPSA) is 46.1 Å². The van der Waals surface area contributed by atoms with Crippen molar-refractivity contribution in [2.24, 2.45) is 0 Å². The molecule has 0 spiro atoms. The molecule has 1 aromatic heterocycles. The second-order valence-electron chi connectivity index (χ2n) is 7.45. The standard InChI is InChI=1S/C13H27.C9H12N3O.Sn/c1-4-7-10-13(11-8-5-2)12-9-6-3;1-3-12(4-2)9(13)8-7-10-5-6-11-8;/h4-12H2,1-3H3;5-6H,3-4H2,1-2H3;. The Morgan fingerprint density at radius 3 is 1.81 bits per heavy atom. The van der Waals surface area contributed by atoms with Gasteiger partial charge in [-0.15, -0.1) is 0 Å². The van der Waals surface area contributed by atoms with Crippen LogP contribution in [0.3, 0.4) is 0 Å². The molecule has 0 N–H and O–H groups in total. The monoisotopic (exact) mass is 481 g/mol. The molecule has 0 saturated heterocycles. The van der Waals surface area contributed by atoms with Crippen LogP contribution in [0.2, 0.25) is 3.43 Å². The van der Waals surface area contributed by atoms with Crippen LogP contribution < -0.4 is 3.71 Å². The Labute approximate surface area is 177 Å². The van der Waals surface area contributed by atoms with E-state index in [-0.39, 0.29) is 5.91 Å². The van der Waals surface area contributed by atoms with E-state index in [2.05, 4.69) is 25.8 Å². The zero-order chi connectivity index (χ0) is 20.1. The summed E-state index contributed by atoms with van der Waals surface area (Å²) in [5, 5.41) is 0. The molecule has 152 valence electrons. The van der Waals surface area contributed by atoms with E-state index in [1.54, 1.807) is 12.4 Å². The van der Waals surface area contributed by atoms with Crippen molar-refractivity contribution in [3.63, 3.8) is 0 Å². The van der Waals surface area contributed by atoms with Gasteiger partial charge in [0.1, 0.15) is 0 Å². The van der Waals surface area contributed by atoms with E-state index in [0.717, 1.165) is 16.8 Å². The van der Waals surface area contributed by atoms with Crippen LogP contribution in [0.25, 0.3) is 0 Å². The molecular weight excluding hydrogens is 441 g/mol. The van der Waals surface area contributed by atoms with Gasteiger partial charge in [-0.05, 0) is 0 Å². The number of hydrogen-bond acceptors (Lipinski definition) is 3. The van der Waals surface area contributed by atoms with Crippen molar-refractivity contribution in [2.45, 2.75) is 95.8 Å². The van der Waals surface area contributed by atoms with Gasteiger partial charge in [-0.1, -0.05) is 0 Å². The zero-order valence-electron chi connectivity index (χ0n) is 18.2. The summed E-state index contributed by atoms with van der Waals surface area (Å²) in [6, 6.07) is 0. The van der Waals surface area contributed by atoms with Crippen molar-refractivity contribution in [1.82, 2.24) is 14.9 Å². The molecule has 4 nitrogen and oxygen atoms in total. The Morgan fingerprint density at radius 2 is 1.37 bits per heavy atom. The average molecular weight is 480 g/mol. The molecular formula is C22H39N3OSn. The predicted octanol–water partition coefficient (Wildman–Crippen LogP) is 5.02. The number of hydrogen-bond donors (Lipinski definition) is 0. The molecule has 5 heteroatoms. The van der Waals surface area contributed by atoms with Gasteiger partial charge in [0, 0.05) is 0 Å². The maximum absolute atomic E-state index is 13.0. The molecule has 0 aromatic carbocycles. The molecule has 0 atom stereocenters. The van der Waals surface area contributed by atoms with Crippen molar-refractivity contribution in [3.05, 3.63) is 18.1 Å². The number of carbonyl (C=O) groups is 1. The van der Waals surface area contributed by atoms with E-state index in [4.69, 9.17) is 4.98 Å². The van der Waals surface area contributed by atoms with E-state index in [9.17, 15) is 4.79 Å². The summed E-state index contributed by atoms with van der Waals surface area (Å²) in [4.78, 5) is 24.1. The third kappa shape index (κ3) is 7.71. The summed E-state index contributed by atoms with van der Waals surface area (Å²) >= 11 is -1.06. The maximum atomic E-state index is 13.0. The Bertz CT molecular complexity index is 524. The number of unbranched alkanes of at least 4 members (excludes halogenated alkanes) is 3. The van der Waals surface area contributed by atoms with Gasteiger partial charge in [0.2, 0.25) is 0 Å². The molecule has 2 radical (unpaired) electrons. The number of amides is 1. The van der Waals surface area contributed by atoms with Crippen molar-refractivity contribution < 1.29 is 4.79 Å². The summed E-state index contributed by atoms with van der Waals surface area (Å²) < 4.78 is 1.49. The molecule has 27 heavy (non-hydrogen) atoms. The Kier molecular flexibility index (Phi) is 12.2. The van der Waals surface area contributed by atoms with Crippen LogP contribution in [0.4, 0.5) is 0 Å². The quantitative estimate of drug-likeness (QED) is 0.352. The second-order valence-corrected chi connectivity index (χ2v) is 12.5. The Hall–Kier alpha value is -0.651. The molecule has 0 saturated carbocycles. The van der Waals surface area contributed by atoms with Crippen molar-refractivity contribution in [1.29, 1.82) is 0 Å². The fraction of sp³-hybridized carbons (Fsp3) is 0.773. The number of carbonyl (C=O) groups excluding carboxylic acids is 1. The molecule has 0 aliphatic heterocycles. The fourth-order valence-electron chi connectivity index (χ4n) is 3.61. The van der Waals surface area contributed by atoms with Crippen LogP contribution in [-0.2, 0) is 0 Å². The molecule has 0 bridgehead atoms. The first kappa shape index (κ1) is 24.4. The first-order chi connectivity index (χ1) is 13.1. The van der Waals surface area contributed by atoms with Gasteiger partial charge in [0.15, 0.2) is 0 Å². The summed E-state index contributed by atoms with van der Waals surface area (Å²) in [6.07, 6.45) is 14.9. The molecule has 1 aromatic rings. The van der Waals surface area contributed by atoms with Gasteiger partial charge in [0.25, 0.3) is 0 Å². The SMILES string of the molecule is CCCC[C](CCCC)(CCCC)[Sn][c]1nccnc1C(=O)N(CC)CC. The summed E-state index contributed by atoms with van der Waals surface area (Å²) in [5.41, 5.74) is 0.640. The van der Waals surface area contributed by atoms with Crippen molar-refractivity contribution in [3.8, 4) is 0 Å². The first-order valence-corrected chi connectivity index (χ1v) is 13.8. The van der Waals surface area contributed by atoms with E-state index in [1.165, 1.54) is 57.8 Å². The second kappa shape index (κ2) is 13.5. The van der Waals surface area contributed by atoms with E-state index >= 15 is 0 Å². The van der Waals surface area contributed by atoms with Gasteiger partial charge in [-0.3, -0.25) is 0 Å². The van der Waals surface area contributed by atoms with E-state index < -0.39 is 21.1 Å². The summed E-state index contributed by atoms with van der Waals surface area (Å²) in [7, 11) is 0. The predicted molar refractivity (Wildman–Crippen MR) is 116 cm³/mol. The molecule has 1 amide bonds. The first-order valence-electron chi connectivity index (χ1n) is 11.0. The molecule has 1 heterocycles. The van der Waals surface area contributed by atoms with Crippen LogP contribution in [0.1, 0.15) is 103 Å². The van der Waals surface area contributed by atoms with Crippen LogP contribution in [-0.4, -0.2) is 55.0 Å². The Balaban J connectivity index is 3.20. The normalized spacial score (nSPS) is 11.6. The van der Waals surface area contributed by atoms with Gasteiger partial charge >= 0.3 is 177 Å². The van der Waals surface area contributed by atoms with E-state index in [0.29, 0.717) is 9.12 Å². The fourth-order valence-corrected chi connectivity index (χ4v) is 8.85. The van der Waals surface area contributed by atoms with E-state index in [1.807, 2.05) is 18.7 Å². The van der Waals surface area contributed by atoms with Crippen LogP contribution in [0.15, 0.2) is 12.4 Å². The average Bonchev–Trinajstić information content (AvgIpc) is 2.70. The summed E-state index contributed by atoms with van der Waals surface area (Å²) in [6.45, 7) is 12.4. The minimum absolute atomic E-state index is 0.0689. The third-order valence-electron chi connectivity index (χ3n) is 5.36. The van der Waals surface area contributed by atoms with Crippen LogP contribution in [0.5, 0.6) is 0 Å². The van der Waals surface area contributed by atoms with Gasteiger partial charge < -0.3 is 0 Å². The molecule has 0 aliphatic carbocycles. The zero-order valence-corrected chi connectivity index (χ0v) is 21.0. The molecule has 0 fully saturated rings. The van der Waals surface area contributed by atoms with Crippen LogP contribution in [0, 0.1) is 0 Å². The number of nitrogens with zero attached hydrogens (tertiary/aromatic N) is 3. The van der Waals surface area contributed by atoms with Gasteiger partial charge in [-0.2, -0.15) is 0 Å². The van der Waals surface area contributed by atoms with Gasteiger partial charge in [-0.25, -0.2) is 0 Å². The number of rotatable bonds is 14. The minimum atomic E-state index is -1.06.